The Balaban J connectivity index is 2.30. The van der Waals surface area contributed by atoms with Gasteiger partial charge in [0.25, 0.3) is 0 Å². The minimum atomic E-state index is -0.149. The second-order valence-electron chi connectivity index (χ2n) is 5.19. The first kappa shape index (κ1) is 8.09. The Morgan fingerprint density at radius 2 is 2.08 bits per heavy atom. The zero-order valence-electron chi connectivity index (χ0n) is 8.02. The summed E-state index contributed by atoms with van der Waals surface area (Å²) in [6, 6.07) is 0. The molecule has 2 fully saturated rings. The summed E-state index contributed by atoms with van der Waals surface area (Å²) in [4.78, 5) is 11.2. The number of carbonyl (C=O) groups excluding carboxylic acids is 1. The molecule has 68 valence electrons. The standard InChI is InChI=1S/C10H16O2/c1-9(2)6-10(3)5-7(9)4-8(11)12-10/h7H,4-6H2,1-3H3/t7?,10-/m1/s1. The fraction of sp³-hybridized carbons (Fsp3) is 0.900. The van der Waals surface area contributed by atoms with Crippen LogP contribution in [0.25, 0.3) is 0 Å². The van der Waals surface area contributed by atoms with E-state index < -0.39 is 0 Å². The van der Waals surface area contributed by atoms with Gasteiger partial charge in [-0.3, -0.25) is 4.79 Å². The maximum Gasteiger partial charge on any atom is 0.306 e. The van der Waals surface area contributed by atoms with Gasteiger partial charge < -0.3 is 4.74 Å². The maximum atomic E-state index is 11.2. The predicted octanol–water partition coefficient (Wildman–Crippen LogP) is 2.13. The van der Waals surface area contributed by atoms with Gasteiger partial charge in [-0.15, -0.1) is 0 Å². The van der Waals surface area contributed by atoms with E-state index in [0.29, 0.717) is 17.8 Å². The normalized spacial score (nSPS) is 44.2. The molecule has 1 heterocycles. The molecule has 0 N–H and O–H groups in total. The molecule has 1 unspecified atom stereocenters. The van der Waals surface area contributed by atoms with Crippen LogP contribution in [0.4, 0.5) is 0 Å². The van der Waals surface area contributed by atoms with Crippen molar-refractivity contribution < 1.29 is 9.53 Å². The van der Waals surface area contributed by atoms with Gasteiger partial charge in [0, 0.05) is 6.42 Å². The number of ether oxygens (including phenoxy) is 1. The fourth-order valence-electron chi connectivity index (χ4n) is 2.92. The molecule has 0 aromatic heterocycles. The van der Waals surface area contributed by atoms with Crippen LogP contribution in [0.1, 0.15) is 40.0 Å². The molecule has 12 heavy (non-hydrogen) atoms. The van der Waals surface area contributed by atoms with Crippen LogP contribution in [0.15, 0.2) is 0 Å². The SMILES string of the molecule is CC1(C)C[C@@]2(C)CC1CC(=O)O2. The maximum absolute atomic E-state index is 11.2. The van der Waals surface area contributed by atoms with Crippen LogP contribution in [0, 0.1) is 11.3 Å². The van der Waals surface area contributed by atoms with Crippen molar-refractivity contribution in [3.8, 4) is 0 Å². The van der Waals surface area contributed by atoms with Gasteiger partial charge in [0.2, 0.25) is 0 Å². The highest BCUT2D eigenvalue weighted by atomic mass is 16.6. The molecule has 2 aliphatic rings. The van der Waals surface area contributed by atoms with E-state index in [4.69, 9.17) is 4.74 Å². The van der Waals surface area contributed by atoms with Crippen molar-refractivity contribution >= 4 is 5.97 Å². The monoisotopic (exact) mass is 168 g/mol. The highest BCUT2D eigenvalue weighted by Gasteiger charge is 2.53. The summed E-state index contributed by atoms with van der Waals surface area (Å²) in [6.45, 7) is 6.54. The molecule has 0 aromatic rings. The highest BCUT2D eigenvalue weighted by molar-refractivity contribution is 5.71. The summed E-state index contributed by atoms with van der Waals surface area (Å²) in [7, 11) is 0. The Hall–Kier alpha value is -0.530. The van der Waals surface area contributed by atoms with Crippen LogP contribution in [0.2, 0.25) is 0 Å². The van der Waals surface area contributed by atoms with Crippen LogP contribution >= 0.6 is 0 Å². The number of esters is 1. The second kappa shape index (κ2) is 2.04. The van der Waals surface area contributed by atoms with E-state index in [1.165, 1.54) is 0 Å². The topological polar surface area (TPSA) is 26.3 Å². The van der Waals surface area contributed by atoms with Gasteiger partial charge in [0.05, 0.1) is 0 Å². The number of hydrogen-bond donors (Lipinski definition) is 0. The van der Waals surface area contributed by atoms with Crippen molar-refractivity contribution in [2.45, 2.75) is 45.6 Å². The molecule has 2 heteroatoms. The van der Waals surface area contributed by atoms with Gasteiger partial charge in [-0.2, -0.15) is 0 Å². The molecular weight excluding hydrogens is 152 g/mol. The van der Waals surface area contributed by atoms with Crippen molar-refractivity contribution in [1.29, 1.82) is 0 Å². The van der Waals surface area contributed by atoms with Gasteiger partial charge in [0.15, 0.2) is 0 Å². The number of rotatable bonds is 0. The molecule has 2 atom stereocenters. The molecule has 0 amide bonds. The van der Waals surface area contributed by atoms with Gasteiger partial charge in [-0.25, -0.2) is 0 Å². The zero-order valence-corrected chi connectivity index (χ0v) is 8.02. The van der Waals surface area contributed by atoms with E-state index in [9.17, 15) is 4.79 Å². The van der Waals surface area contributed by atoms with Gasteiger partial charge in [0.1, 0.15) is 5.60 Å². The lowest BCUT2D eigenvalue weighted by atomic mass is 9.80. The van der Waals surface area contributed by atoms with Gasteiger partial charge in [-0.1, -0.05) is 13.8 Å². The van der Waals surface area contributed by atoms with E-state index in [1.807, 2.05) is 0 Å². The van der Waals surface area contributed by atoms with Crippen LogP contribution in [-0.4, -0.2) is 11.6 Å². The molecular formula is C10H16O2. The van der Waals surface area contributed by atoms with Crippen LogP contribution in [-0.2, 0) is 9.53 Å². The van der Waals surface area contributed by atoms with E-state index in [1.54, 1.807) is 0 Å². The number of carbonyl (C=O) groups is 1. The molecule has 2 nitrogen and oxygen atoms in total. The molecule has 0 radical (unpaired) electrons. The summed E-state index contributed by atoms with van der Waals surface area (Å²) in [5.74, 6) is 0.545. The lowest BCUT2D eigenvalue weighted by Gasteiger charge is -2.28. The summed E-state index contributed by atoms with van der Waals surface area (Å²) >= 11 is 0. The third-order valence-corrected chi connectivity index (χ3v) is 3.39. The smallest absolute Gasteiger partial charge is 0.306 e. The van der Waals surface area contributed by atoms with E-state index in [2.05, 4.69) is 20.8 Å². The van der Waals surface area contributed by atoms with Gasteiger partial charge >= 0.3 is 5.97 Å². The van der Waals surface area contributed by atoms with E-state index in [0.717, 1.165) is 12.8 Å². The molecule has 2 rings (SSSR count). The Kier molecular flexibility index (Phi) is 1.37. The Labute approximate surface area is 73.3 Å². The fourth-order valence-corrected chi connectivity index (χ4v) is 2.92. The largest absolute Gasteiger partial charge is 0.459 e. The molecule has 1 aliphatic carbocycles. The minimum absolute atomic E-state index is 0.000625. The quantitative estimate of drug-likeness (QED) is 0.518. The first-order valence-corrected chi connectivity index (χ1v) is 4.63. The highest BCUT2D eigenvalue weighted by Crippen LogP contribution is 2.54. The summed E-state index contributed by atoms with van der Waals surface area (Å²) < 4.78 is 5.36. The zero-order chi connectivity index (χ0) is 8.98. The number of fused-ring (bicyclic) bond motifs is 2. The van der Waals surface area contributed by atoms with Crippen molar-refractivity contribution in [2.24, 2.45) is 11.3 Å². The van der Waals surface area contributed by atoms with Crippen LogP contribution < -0.4 is 0 Å². The summed E-state index contributed by atoms with van der Waals surface area (Å²) in [5.41, 5.74) is 0.143. The predicted molar refractivity (Wildman–Crippen MR) is 45.6 cm³/mol. The van der Waals surface area contributed by atoms with E-state index in [-0.39, 0.29) is 11.6 Å². The summed E-state index contributed by atoms with van der Waals surface area (Å²) in [6.07, 6.45) is 2.71. The van der Waals surface area contributed by atoms with Crippen molar-refractivity contribution in [1.82, 2.24) is 0 Å². The first-order chi connectivity index (χ1) is 5.41. The average Bonchev–Trinajstić information content (AvgIpc) is 1.96. The van der Waals surface area contributed by atoms with E-state index >= 15 is 0 Å². The summed E-state index contributed by atoms with van der Waals surface area (Å²) in [5, 5.41) is 0. The third-order valence-electron chi connectivity index (χ3n) is 3.39. The first-order valence-electron chi connectivity index (χ1n) is 4.63. The third kappa shape index (κ3) is 1.05. The van der Waals surface area contributed by atoms with Gasteiger partial charge in [-0.05, 0) is 31.1 Å². The molecule has 1 saturated heterocycles. The Morgan fingerprint density at radius 3 is 2.67 bits per heavy atom. The lowest BCUT2D eigenvalue weighted by Crippen LogP contribution is -2.32. The average molecular weight is 168 g/mol. The molecule has 0 spiro atoms. The Morgan fingerprint density at radius 1 is 1.42 bits per heavy atom. The minimum Gasteiger partial charge on any atom is -0.459 e. The van der Waals surface area contributed by atoms with Crippen molar-refractivity contribution in [3.63, 3.8) is 0 Å². The molecule has 2 bridgehead atoms. The molecule has 1 aliphatic heterocycles. The molecule has 0 aromatic carbocycles. The second-order valence-corrected chi connectivity index (χ2v) is 5.19. The number of hydrogen-bond acceptors (Lipinski definition) is 2. The van der Waals surface area contributed by atoms with Crippen LogP contribution in [0.3, 0.4) is 0 Å². The lowest BCUT2D eigenvalue weighted by molar-refractivity contribution is -0.163. The van der Waals surface area contributed by atoms with Crippen LogP contribution in [0.5, 0.6) is 0 Å². The van der Waals surface area contributed by atoms with Crippen molar-refractivity contribution in [2.75, 3.05) is 0 Å². The van der Waals surface area contributed by atoms with Crippen molar-refractivity contribution in [3.05, 3.63) is 0 Å². The Bertz CT molecular complexity index is 232. The molecule has 1 saturated carbocycles.